The number of anilines is 1. The van der Waals surface area contributed by atoms with Gasteiger partial charge >= 0.3 is 6.18 Å². The minimum Gasteiger partial charge on any atom is -0.324 e. The molecule has 1 rings (SSSR count). The maximum absolute atomic E-state index is 13.0. The van der Waals surface area contributed by atoms with Gasteiger partial charge in [-0.2, -0.15) is 13.2 Å². The highest BCUT2D eigenvalue weighted by Gasteiger charge is 2.31. The van der Waals surface area contributed by atoms with Gasteiger partial charge in [0.1, 0.15) is 5.82 Å². The first-order valence-corrected chi connectivity index (χ1v) is 4.95. The standard InChI is InChI=1S/C9H7F4NO.C2H6/c1-5(15)14-8-3-2-6(4-7(8)10)9(11,12)13;1-2/h2-4H,1H3,(H,14,15);1-2H3. The van der Waals surface area contributed by atoms with Gasteiger partial charge in [-0.25, -0.2) is 4.39 Å². The Labute approximate surface area is 96.6 Å². The van der Waals surface area contributed by atoms with Crippen LogP contribution in [0.4, 0.5) is 23.2 Å². The van der Waals surface area contributed by atoms with E-state index in [1.807, 2.05) is 13.8 Å². The van der Waals surface area contributed by atoms with E-state index < -0.39 is 23.5 Å². The van der Waals surface area contributed by atoms with Gasteiger partial charge < -0.3 is 5.32 Å². The van der Waals surface area contributed by atoms with E-state index in [0.29, 0.717) is 12.1 Å². The maximum Gasteiger partial charge on any atom is 0.416 e. The second-order valence-corrected chi connectivity index (χ2v) is 2.87. The maximum atomic E-state index is 13.0. The summed E-state index contributed by atoms with van der Waals surface area (Å²) in [6.45, 7) is 5.14. The van der Waals surface area contributed by atoms with Crippen molar-refractivity contribution in [1.82, 2.24) is 0 Å². The number of hydrogen-bond donors (Lipinski definition) is 1. The number of nitrogens with one attached hydrogen (secondary N) is 1. The highest BCUT2D eigenvalue weighted by molar-refractivity contribution is 5.88. The molecule has 96 valence electrons. The Kier molecular flexibility index (Phi) is 5.64. The van der Waals surface area contributed by atoms with Crippen molar-refractivity contribution in [2.24, 2.45) is 0 Å². The van der Waals surface area contributed by atoms with E-state index in [-0.39, 0.29) is 5.69 Å². The van der Waals surface area contributed by atoms with E-state index in [0.717, 1.165) is 13.0 Å². The number of carbonyl (C=O) groups excluding carboxylic acids is 1. The van der Waals surface area contributed by atoms with E-state index in [4.69, 9.17) is 0 Å². The Bertz CT molecular complexity index is 388. The molecule has 0 saturated heterocycles. The zero-order chi connectivity index (χ0) is 13.6. The molecule has 0 aliphatic carbocycles. The lowest BCUT2D eigenvalue weighted by molar-refractivity contribution is -0.137. The monoisotopic (exact) mass is 251 g/mol. The van der Waals surface area contributed by atoms with Crippen molar-refractivity contribution in [3.63, 3.8) is 0 Å². The number of rotatable bonds is 1. The van der Waals surface area contributed by atoms with Crippen molar-refractivity contribution in [3.8, 4) is 0 Å². The first-order chi connectivity index (χ1) is 7.80. The molecular formula is C11H13F4NO. The third-order valence-electron chi connectivity index (χ3n) is 1.61. The van der Waals surface area contributed by atoms with Gasteiger partial charge in [0.25, 0.3) is 0 Å². The molecule has 0 saturated carbocycles. The lowest BCUT2D eigenvalue weighted by Gasteiger charge is -2.09. The molecule has 0 fully saturated rings. The van der Waals surface area contributed by atoms with Crippen molar-refractivity contribution < 1.29 is 22.4 Å². The van der Waals surface area contributed by atoms with Gasteiger partial charge in [-0.3, -0.25) is 4.79 Å². The van der Waals surface area contributed by atoms with Crippen LogP contribution in [0.2, 0.25) is 0 Å². The van der Waals surface area contributed by atoms with Gasteiger partial charge in [0.05, 0.1) is 11.3 Å². The summed E-state index contributed by atoms with van der Waals surface area (Å²) in [7, 11) is 0. The predicted molar refractivity (Wildman–Crippen MR) is 57.1 cm³/mol. The van der Waals surface area contributed by atoms with Crippen LogP contribution < -0.4 is 5.32 Å². The lowest BCUT2D eigenvalue weighted by Crippen LogP contribution is -2.10. The number of benzene rings is 1. The molecular weight excluding hydrogens is 238 g/mol. The third-order valence-corrected chi connectivity index (χ3v) is 1.61. The van der Waals surface area contributed by atoms with E-state index in [2.05, 4.69) is 5.32 Å². The second-order valence-electron chi connectivity index (χ2n) is 2.87. The number of amides is 1. The summed E-state index contributed by atoms with van der Waals surface area (Å²) in [6.07, 6.45) is -4.59. The zero-order valence-electron chi connectivity index (χ0n) is 9.65. The van der Waals surface area contributed by atoms with E-state index in [1.54, 1.807) is 0 Å². The normalized spacial score (nSPS) is 10.3. The van der Waals surface area contributed by atoms with Crippen LogP contribution in [-0.2, 0) is 11.0 Å². The van der Waals surface area contributed by atoms with Gasteiger partial charge in [-0.1, -0.05) is 13.8 Å². The Morgan fingerprint density at radius 2 is 1.76 bits per heavy atom. The highest BCUT2D eigenvalue weighted by Crippen LogP contribution is 2.31. The molecule has 0 radical (unpaired) electrons. The molecule has 1 aromatic rings. The fraction of sp³-hybridized carbons (Fsp3) is 0.364. The summed E-state index contributed by atoms with van der Waals surface area (Å²) in [5.74, 6) is -1.66. The van der Waals surface area contributed by atoms with Crippen LogP contribution in [-0.4, -0.2) is 5.91 Å². The summed E-state index contributed by atoms with van der Waals surface area (Å²) in [5, 5.41) is 2.07. The van der Waals surface area contributed by atoms with Crippen LogP contribution in [0.15, 0.2) is 18.2 Å². The van der Waals surface area contributed by atoms with Crippen molar-refractivity contribution in [3.05, 3.63) is 29.6 Å². The second kappa shape index (κ2) is 6.22. The average molecular weight is 251 g/mol. The number of alkyl halides is 3. The summed E-state index contributed by atoms with van der Waals surface area (Å²) in [6, 6.07) is 1.92. The van der Waals surface area contributed by atoms with Crippen molar-refractivity contribution in [1.29, 1.82) is 0 Å². The summed E-state index contributed by atoms with van der Waals surface area (Å²) >= 11 is 0. The van der Waals surface area contributed by atoms with Crippen LogP contribution in [0.1, 0.15) is 26.3 Å². The van der Waals surface area contributed by atoms with Gasteiger partial charge in [0, 0.05) is 6.92 Å². The van der Waals surface area contributed by atoms with E-state index in [9.17, 15) is 22.4 Å². The quantitative estimate of drug-likeness (QED) is 0.755. The van der Waals surface area contributed by atoms with Gasteiger partial charge in [-0.05, 0) is 18.2 Å². The van der Waals surface area contributed by atoms with Crippen LogP contribution in [0.25, 0.3) is 0 Å². The molecule has 1 amide bonds. The number of carbonyl (C=O) groups is 1. The molecule has 0 aliphatic heterocycles. The molecule has 0 spiro atoms. The molecule has 0 atom stereocenters. The van der Waals surface area contributed by atoms with Crippen LogP contribution in [0, 0.1) is 5.82 Å². The van der Waals surface area contributed by atoms with Gasteiger partial charge in [0.2, 0.25) is 5.91 Å². The largest absolute Gasteiger partial charge is 0.416 e. The molecule has 0 bridgehead atoms. The molecule has 0 unspecified atom stereocenters. The fourth-order valence-electron chi connectivity index (χ4n) is 0.982. The van der Waals surface area contributed by atoms with Crippen LogP contribution >= 0.6 is 0 Å². The Morgan fingerprint density at radius 1 is 1.24 bits per heavy atom. The number of halogens is 4. The Morgan fingerprint density at radius 3 is 2.12 bits per heavy atom. The fourth-order valence-corrected chi connectivity index (χ4v) is 0.982. The van der Waals surface area contributed by atoms with Crippen LogP contribution in [0.5, 0.6) is 0 Å². The molecule has 1 aromatic carbocycles. The smallest absolute Gasteiger partial charge is 0.324 e. The Balaban J connectivity index is 0.00000121. The minimum atomic E-state index is -4.59. The lowest BCUT2D eigenvalue weighted by atomic mass is 10.2. The summed E-state index contributed by atoms with van der Waals surface area (Å²) in [4.78, 5) is 10.5. The molecule has 17 heavy (non-hydrogen) atoms. The SMILES string of the molecule is CC.CC(=O)Nc1ccc(C(F)(F)F)cc1F. The minimum absolute atomic E-state index is 0.268. The zero-order valence-corrected chi connectivity index (χ0v) is 9.65. The predicted octanol–water partition coefficient (Wildman–Crippen LogP) is 3.83. The van der Waals surface area contributed by atoms with E-state index in [1.165, 1.54) is 0 Å². The topological polar surface area (TPSA) is 29.1 Å². The molecule has 0 heterocycles. The average Bonchev–Trinajstić information content (AvgIpc) is 2.22. The molecule has 0 aliphatic rings. The molecule has 0 aromatic heterocycles. The summed E-state index contributed by atoms with van der Waals surface area (Å²) in [5.41, 5.74) is -1.36. The summed E-state index contributed by atoms with van der Waals surface area (Å²) < 4.78 is 49.4. The first kappa shape index (κ1) is 15.4. The molecule has 1 N–H and O–H groups in total. The molecule has 2 nitrogen and oxygen atoms in total. The highest BCUT2D eigenvalue weighted by atomic mass is 19.4. The number of hydrogen-bond acceptors (Lipinski definition) is 1. The molecule has 6 heteroatoms. The van der Waals surface area contributed by atoms with Crippen molar-refractivity contribution in [2.75, 3.05) is 5.32 Å². The van der Waals surface area contributed by atoms with Gasteiger partial charge in [-0.15, -0.1) is 0 Å². The first-order valence-electron chi connectivity index (χ1n) is 4.95. The van der Waals surface area contributed by atoms with Crippen molar-refractivity contribution in [2.45, 2.75) is 26.9 Å². The van der Waals surface area contributed by atoms with Crippen molar-refractivity contribution >= 4 is 11.6 Å². The van der Waals surface area contributed by atoms with Gasteiger partial charge in [0.15, 0.2) is 0 Å². The third kappa shape index (κ3) is 4.84. The van der Waals surface area contributed by atoms with Crippen LogP contribution in [0.3, 0.4) is 0 Å². The van der Waals surface area contributed by atoms with E-state index >= 15 is 0 Å². The Hall–Kier alpha value is -1.59.